The monoisotopic (exact) mass is 361 g/mol. The maximum absolute atomic E-state index is 13.4. The van der Waals surface area contributed by atoms with Gasteiger partial charge in [-0.2, -0.15) is 0 Å². The second kappa shape index (κ2) is 7.12. The molecule has 1 aromatic carbocycles. The Balaban J connectivity index is 2.16. The van der Waals surface area contributed by atoms with Gasteiger partial charge in [0.2, 0.25) is 22.3 Å². The molecule has 1 aliphatic rings. The van der Waals surface area contributed by atoms with Crippen molar-refractivity contribution in [2.75, 3.05) is 43.3 Å². The van der Waals surface area contributed by atoms with E-state index in [9.17, 15) is 26.8 Å². The van der Waals surface area contributed by atoms with E-state index in [1.54, 1.807) is 0 Å². The zero-order valence-corrected chi connectivity index (χ0v) is 13.8. The van der Waals surface area contributed by atoms with Crippen molar-refractivity contribution >= 4 is 28.0 Å². The van der Waals surface area contributed by atoms with Gasteiger partial charge >= 0.3 is 0 Å². The first-order valence-corrected chi connectivity index (χ1v) is 8.97. The number of benzene rings is 1. The number of hydrogen-bond acceptors (Lipinski definition) is 4. The molecule has 10 heteroatoms. The minimum Gasteiger partial charge on any atom is -0.342 e. The van der Waals surface area contributed by atoms with Gasteiger partial charge in [-0.3, -0.25) is 13.9 Å². The maximum atomic E-state index is 13.4. The molecule has 0 radical (unpaired) electrons. The van der Waals surface area contributed by atoms with Gasteiger partial charge in [0.25, 0.3) is 0 Å². The number of rotatable bonds is 5. The third kappa shape index (κ3) is 4.19. The molecule has 0 aromatic heterocycles. The van der Waals surface area contributed by atoms with Crippen LogP contribution < -0.4 is 4.31 Å². The van der Waals surface area contributed by atoms with E-state index in [4.69, 9.17) is 0 Å². The number of carbonyl (C=O) groups is 2. The zero-order chi connectivity index (χ0) is 17.9. The van der Waals surface area contributed by atoms with Crippen molar-refractivity contribution in [3.05, 3.63) is 29.8 Å². The van der Waals surface area contributed by atoms with Gasteiger partial charge in [-0.25, -0.2) is 17.2 Å². The van der Waals surface area contributed by atoms with Gasteiger partial charge in [-0.05, 0) is 12.1 Å². The first-order valence-electron chi connectivity index (χ1n) is 7.12. The molecule has 0 N–H and O–H groups in total. The Morgan fingerprint density at radius 2 is 1.83 bits per heavy atom. The summed E-state index contributed by atoms with van der Waals surface area (Å²) >= 11 is 0. The van der Waals surface area contributed by atoms with Gasteiger partial charge in [0.15, 0.2) is 11.6 Å². The van der Waals surface area contributed by atoms with Crippen molar-refractivity contribution in [3.8, 4) is 0 Å². The van der Waals surface area contributed by atoms with Crippen LogP contribution in [-0.4, -0.2) is 69.5 Å². The van der Waals surface area contributed by atoms with Crippen LogP contribution in [0.1, 0.15) is 0 Å². The Kier molecular flexibility index (Phi) is 5.37. The molecule has 0 atom stereocenters. The maximum Gasteiger partial charge on any atom is 0.243 e. The molecule has 0 unspecified atom stereocenters. The van der Waals surface area contributed by atoms with Crippen LogP contribution in [-0.2, 0) is 19.6 Å². The van der Waals surface area contributed by atoms with Crippen LogP contribution >= 0.6 is 0 Å². The summed E-state index contributed by atoms with van der Waals surface area (Å²) in [5, 5.41) is 0. The highest BCUT2D eigenvalue weighted by atomic mass is 32.2. The smallest absolute Gasteiger partial charge is 0.243 e. The van der Waals surface area contributed by atoms with Crippen molar-refractivity contribution in [2.24, 2.45) is 0 Å². The molecule has 2 rings (SSSR count). The summed E-state index contributed by atoms with van der Waals surface area (Å²) in [6, 6.07) is 2.63. The minimum absolute atomic E-state index is 0.128. The molecule has 1 aromatic rings. The van der Waals surface area contributed by atoms with Crippen LogP contribution in [0.3, 0.4) is 0 Å². The fraction of sp³-hybridized carbons (Fsp3) is 0.429. The van der Waals surface area contributed by atoms with Crippen LogP contribution in [0.5, 0.6) is 0 Å². The van der Waals surface area contributed by atoms with Gasteiger partial charge in [0.05, 0.1) is 11.9 Å². The lowest BCUT2D eigenvalue weighted by molar-refractivity contribution is -0.133. The van der Waals surface area contributed by atoms with E-state index in [1.807, 2.05) is 0 Å². The highest BCUT2D eigenvalue weighted by Crippen LogP contribution is 2.20. The van der Waals surface area contributed by atoms with E-state index in [2.05, 4.69) is 0 Å². The van der Waals surface area contributed by atoms with Crippen LogP contribution in [0, 0.1) is 11.6 Å². The Morgan fingerprint density at radius 1 is 1.21 bits per heavy atom. The van der Waals surface area contributed by atoms with Gasteiger partial charge < -0.3 is 9.80 Å². The number of anilines is 1. The Labute approximate surface area is 138 Å². The number of hydrogen-bond donors (Lipinski definition) is 0. The predicted molar refractivity (Wildman–Crippen MR) is 82.8 cm³/mol. The van der Waals surface area contributed by atoms with Gasteiger partial charge in [0.1, 0.15) is 6.54 Å². The van der Waals surface area contributed by atoms with Crippen molar-refractivity contribution in [1.82, 2.24) is 9.80 Å². The van der Waals surface area contributed by atoms with E-state index in [-0.39, 0.29) is 18.8 Å². The van der Waals surface area contributed by atoms with Crippen molar-refractivity contribution in [3.63, 3.8) is 0 Å². The quantitative estimate of drug-likeness (QED) is 0.694. The molecular weight excluding hydrogens is 344 g/mol. The molecule has 1 heterocycles. The van der Waals surface area contributed by atoms with E-state index >= 15 is 0 Å². The highest BCUT2D eigenvalue weighted by Gasteiger charge is 2.26. The summed E-state index contributed by atoms with van der Waals surface area (Å²) < 4.78 is 51.0. The molecule has 0 saturated carbocycles. The van der Waals surface area contributed by atoms with Gasteiger partial charge in [0, 0.05) is 32.2 Å². The predicted octanol–water partition coefficient (Wildman–Crippen LogP) is 0.0314. The number of amides is 2. The van der Waals surface area contributed by atoms with E-state index in [0.717, 1.165) is 28.8 Å². The summed E-state index contributed by atoms with van der Waals surface area (Å²) in [5.74, 6) is -2.78. The summed E-state index contributed by atoms with van der Waals surface area (Å²) in [4.78, 5) is 25.9. The van der Waals surface area contributed by atoms with E-state index < -0.39 is 34.1 Å². The molecule has 0 spiro atoms. The Bertz CT molecular complexity index is 734. The molecule has 2 amide bonds. The third-order valence-corrected chi connectivity index (χ3v) is 4.83. The average molecular weight is 361 g/mol. The molecule has 0 bridgehead atoms. The molecule has 132 valence electrons. The molecule has 7 nitrogen and oxygen atoms in total. The fourth-order valence-corrected chi connectivity index (χ4v) is 3.18. The molecule has 24 heavy (non-hydrogen) atoms. The van der Waals surface area contributed by atoms with Crippen molar-refractivity contribution in [1.29, 1.82) is 0 Å². The minimum atomic E-state index is -3.87. The van der Waals surface area contributed by atoms with Crippen LogP contribution in [0.25, 0.3) is 0 Å². The van der Waals surface area contributed by atoms with E-state index in [0.29, 0.717) is 19.5 Å². The number of sulfonamides is 1. The first-order chi connectivity index (χ1) is 11.2. The summed E-state index contributed by atoms with van der Waals surface area (Å²) in [6.45, 7) is 0.767. The summed E-state index contributed by atoms with van der Waals surface area (Å²) in [6.07, 6.45) is 1.57. The van der Waals surface area contributed by atoms with Crippen LogP contribution in [0.15, 0.2) is 18.2 Å². The third-order valence-electron chi connectivity index (χ3n) is 3.69. The van der Waals surface area contributed by atoms with Crippen LogP contribution in [0.4, 0.5) is 14.5 Å². The number of halogens is 2. The van der Waals surface area contributed by atoms with Crippen molar-refractivity contribution < 1.29 is 26.8 Å². The zero-order valence-electron chi connectivity index (χ0n) is 13.0. The normalized spacial score (nSPS) is 15.3. The second-order valence-corrected chi connectivity index (χ2v) is 7.30. The lowest BCUT2D eigenvalue weighted by atomic mass is 10.3. The molecule has 1 saturated heterocycles. The number of nitrogens with zero attached hydrogens (tertiary/aromatic N) is 3. The number of carbonyl (C=O) groups excluding carboxylic acids is 2. The number of piperazine rings is 1. The van der Waals surface area contributed by atoms with E-state index in [1.165, 1.54) is 9.80 Å². The molecule has 1 fully saturated rings. The lowest BCUT2D eigenvalue weighted by Gasteiger charge is -2.34. The molecule has 0 aliphatic carbocycles. The second-order valence-electron chi connectivity index (χ2n) is 5.39. The lowest BCUT2D eigenvalue weighted by Crippen LogP contribution is -2.51. The van der Waals surface area contributed by atoms with Crippen LogP contribution in [0.2, 0.25) is 0 Å². The first kappa shape index (κ1) is 18.1. The van der Waals surface area contributed by atoms with Crippen molar-refractivity contribution in [2.45, 2.75) is 0 Å². The van der Waals surface area contributed by atoms with Gasteiger partial charge in [-0.1, -0.05) is 0 Å². The topological polar surface area (TPSA) is 78.0 Å². The fourth-order valence-electron chi connectivity index (χ4n) is 2.34. The summed E-state index contributed by atoms with van der Waals surface area (Å²) in [5.41, 5.74) is -0.128. The summed E-state index contributed by atoms with van der Waals surface area (Å²) in [7, 11) is -3.87. The molecule has 1 aliphatic heterocycles. The Hall–Kier alpha value is -2.23. The largest absolute Gasteiger partial charge is 0.342 e. The Morgan fingerprint density at radius 3 is 2.33 bits per heavy atom. The highest BCUT2D eigenvalue weighted by molar-refractivity contribution is 7.92. The SMILES string of the molecule is CS(=O)(=O)N(CC(=O)N1CCN(C=O)CC1)c1ccc(F)c(F)c1. The molecular formula is C14H17F2N3O4S. The average Bonchev–Trinajstić information content (AvgIpc) is 2.54. The standard InChI is InChI=1S/C14H17F2N3O4S/c1-24(22,23)19(11-2-3-12(15)13(16)8-11)9-14(21)18-6-4-17(10-20)5-7-18/h2-3,8,10H,4-7,9H2,1H3. The van der Waals surface area contributed by atoms with Gasteiger partial charge in [-0.15, -0.1) is 0 Å².